The third kappa shape index (κ3) is 3.06. The van der Waals surface area contributed by atoms with E-state index in [1.807, 2.05) is 42.6 Å². The number of ether oxygens (including phenoxy) is 1. The highest BCUT2D eigenvalue weighted by Gasteiger charge is 2.18. The van der Waals surface area contributed by atoms with Crippen molar-refractivity contribution in [2.45, 2.75) is 6.04 Å². The Morgan fingerprint density at radius 2 is 1.76 bits per heavy atom. The zero-order valence-corrected chi connectivity index (χ0v) is 13.9. The van der Waals surface area contributed by atoms with E-state index in [4.69, 9.17) is 4.74 Å². The molecule has 0 radical (unpaired) electrons. The van der Waals surface area contributed by atoms with Crippen molar-refractivity contribution in [2.24, 2.45) is 0 Å². The van der Waals surface area contributed by atoms with E-state index in [2.05, 4.69) is 45.6 Å². The number of rotatable bonds is 5. The summed E-state index contributed by atoms with van der Waals surface area (Å²) in [6.07, 6.45) is 3.84. The monoisotopic (exact) mass is 329 g/mol. The summed E-state index contributed by atoms with van der Waals surface area (Å²) in [6, 6.07) is 22.5. The molecule has 4 heteroatoms. The van der Waals surface area contributed by atoms with E-state index in [1.165, 1.54) is 11.1 Å². The molecule has 2 aromatic carbocycles. The minimum atomic E-state index is 0.0209. The Morgan fingerprint density at radius 3 is 2.52 bits per heavy atom. The maximum absolute atomic E-state index is 5.25. The molecule has 4 nitrogen and oxygen atoms in total. The fraction of sp³-hybridized carbons (Fsp3) is 0.0952. The number of benzene rings is 2. The molecule has 1 atom stereocenters. The van der Waals surface area contributed by atoms with E-state index >= 15 is 0 Å². The third-order valence-electron chi connectivity index (χ3n) is 4.33. The summed E-state index contributed by atoms with van der Waals surface area (Å²) in [5, 5.41) is 4.76. The number of H-pyrrole nitrogens is 1. The molecule has 124 valence electrons. The molecule has 0 amide bonds. The molecule has 2 aromatic heterocycles. The number of nitrogens with zero attached hydrogens (tertiary/aromatic N) is 1. The lowest BCUT2D eigenvalue weighted by Gasteiger charge is -2.20. The van der Waals surface area contributed by atoms with Crippen LogP contribution in [0.15, 0.2) is 79.1 Å². The standard InChI is InChI=1S/C21H19N3O/c1-25-17-11-9-16(10-12-17)24-20(15-6-3-2-4-7-15)19-14-23-21-18(19)8-5-13-22-21/h2-14,20,24H,1H3,(H,22,23). The Bertz CT molecular complexity index is 961. The van der Waals surface area contributed by atoms with Crippen LogP contribution in [0.1, 0.15) is 17.2 Å². The average molecular weight is 329 g/mol. The molecule has 0 spiro atoms. The van der Waals surface area contributed by atoms with Gasteiger partial charge in [0.25, 0.3) is 0 Å². The molecule has 4 rings (SSSR count). The van der Waals surface area contributed by atoms with Gasteiger partial charge in [-0.15, -0.1) is 0 Å². The van der Waals surface area contributed by atoms with Gasteiger partial charge < -0.3 is 15.0 Å². The van der Waals surface area contributed by atoms with Gasteiger partial charge in [-0.25, -0.2) is 4.98 Å². The SMILES string of the molecule is COc1ccc(NC(c2ccccc2)c2c[nH]c3ncccc23)cc1. The second kappa shape index (κ2) is 6.69. The summed E-state index contributed by atoms with van der Waals surface area (Å²) in [5.74, 6) is 0.845. The lowest BCUT2D eigenvalue weighted by Crippen LogP contribution is -2.12. The largest absolute Gasteiger partial charge is 0.497 e. The maximum atomic E-state index is 5.25. The van der Waals surface area contributed by atoms with Gasteiger partial charge in [-0.3, -0.25) is 0 Å². The zero-order valence-electron chi connectivity index (χ0n) is 13.9. The highest BCUT2D eigenvalue weighted by Crippen LogP contribution is 2.31. The van der Waals surface area contributed by atoms with Gasteiger partial charge >= 0.3 is 0 Å². The van der Waals surface area contributed by atoms with E-state index in [9.17, 15) is 0 Å². The number of nitrogens with one attached hydrogen (secondary N) is 2. The van der Waals surface area contributed by atoms with Gasteiger partial charge in [-0.05, 0) is 42.0 Å². The van der Waals surface area contributed by atoms with Gasteiger partial charge in [0, 0.05) is 29.0 Å². The van der Waals surface area contributed by atoms with Crippen molar-refractivity contribution in [1.29, 1.82) is 0 Å². The smallest absolute Gasteiger partial charge is 0.137 e. The highest BCUT2D eigenvalue weighted by atomic mass is 16.5. The summed E-state index contributed by atoms with van der Waals surface area (Å²) < 4.78 is 5.25. The molecule has 0 aliphatic rings. The Morgan fingerprint density at radius 1 is 0.960 bits per heavy atom. The predicted octanol–water partition coefficient (Wildman–Crippen LogP) is 4.77. The van der Waals surface area contributed by atoms with Crippen molar-refractivity contribution < 1.29 is 4.74 Å². The molecule has 0 saturated carbocycles. The van der Waals surface area contributed by atoms with Crippen molar-refractivity contribution >= 4 is 16.7 Å². The molecule has 25 heavy (non-hydrogen) atoms. The molecular formula is C21H19N3O. The van der Waals surface area contributed by atoms with Gasteiger partial charge in [0.2, 0.25) is 0 Å². The molecule has 0 saturated heterocycles. The fourth-order valence-electron chi connectivity index (χ4n) is 3.06. The van der Waals surface area contributed by atoms with E-state index in [0.717, 1.165) is 22.5 Å². The van der Waals surface area contributed by atoms with Crippen LogP contribution in [0.4, 0.5) is 5.69 Å². The number of hydrogen-bond donors (Lipinski definition) is 2. The number of methoxy groups -OCH3 is 1. The Hall–Kier alpha value is -3.27. The first-order chi connectivity index (χ1) is 12.3. The lowest BCUT2D eigenvalue weighted by atomic mass is 9.98. The van der Waals surface area contributed by atoms with Gasteiger partial charge in [0.1, 0.15) is 11.4 Å². The first-order valence-corrected chi connectivity index (χ1v) is 8.22. The number of hydrogen-bond acceptors (Lipinski definition) is 3. The molecular weight excluding hydrogens is 310 g/mol. The summed E-state index contributed by atoms with van der Waals surface area (Å²) in [7, 11) is 1.67. The normalized spacial score (nSPS) is 12.0. The van der Waals surface area contributed by atoms with Crippen molar-refractivity contribution in [3.05, 3.63) is 90.3 Å². The van der Waals surface area contributed by atoms with Crippen molar-refractivity contribution in [3.8, 4) is 5.75 Å². The van der Waals surface area contributed by atoms with Crippen molar-refractivity contribution in [2.75, 3.05) is 12.4 Å². The van der Waals surface area contributed by atoms with Crippen molar-refractivity contribution in [3.63, 3.8) is 0 Å². The van der Waals surface area contributed by atoms with Crippen LogP contribution in [0.5, 0.6) is 5.75 Å². The number of pyridine rings is 1. The lowest BCUT2D eigenvalue weighted by molar-refractivity contribution is 0.415. The van der Waals surface area contributed by atoms with E-state index in [1.54, 1.807) is 13.3 Å². The van der Waals surface area contributed by atoms with Crippen LogP contribution in [-0.2, 0) is 0 Å². The minimum absolute atomic E-state index is 0.0209. The first-order valence-electron chi connectivity index (χ1n) is 8.22. The number of fused-ring (bicyclic) bond motifs is 1. The van der Waals surface area contributed by atoms with Crippen LogP contribution in [-0.4, -0.2) is 17.1 Å². The topological polar surface area (TPSA) is 49.9 Å². The molecule has 1 unspecified atom stereocenters. The van der Waals surface area contributed by atoms with Crippen LogP contribution < -0.4 is 10.1 Å². The van der Waals surface area contributed by atoms with Crippen LogP contribution in [0.2, 0.25) is 0 Å². The van der Waals surface area contributed by atoms with Gasteiger partial charge in [-0.1, -0.05) is 30.3 Å². The average Bonchev–Trinajstić information content (AvgIpc) is 3.11. The van der Waals surface area contributed by atoms with Gasteiger partial charge in [-0.2, -0.15) is 0 Å². The summed E-state index contributed by atoms with van der Waals surface area (Å²) in [4.78, 5) is 7.68. The number of aromatic nitrogens is 2. The van der Waals surface area contributed by atoms with E-state index in [-0.39, 0.29) is 6.04 Å². The quantitative estimate of drug-likeness (QED) is 0.554. The second-order valence-electron chi connectivity index (χ2n) is 5.86. The fourth-order valence-corrected chi connectivity index (χ4v) is 3.06. The van der Waals surface area contributed by atoms with Crippen LogP contribution in [0.3, 0.4) is 0 Å². The van der Waals surface area contributed by atoms with Gasteiger partial charge in [0.05, 0.1) is 13.2 Å². The zero-order chi connectivity index (χ0) is 17.1. The molecule has 4 aromatic rings. The number of aromatic amines is 1. The van der Waals surface area contributed by atoms with Crippen LogP contribution in [0, 0.1) is 0 Å². The van der Waals surface area contributed by atoms with Crippen molar-refractivity contribution in [1.82, 2.24) is 9.97 Å². The van der Waals surface area contributed by atoms with Crippen LogP contribution >= 0.6 is 0 Å². The molecule has 0 aliphatic heterocycles. The second-order valence-corrected chi connectivity index (χ2v) is 5.86. The summed E-state index contributed by atoms with van der Waals surface area (Å²) in [6.45, 7) is 0. The van der Waals surface area contributed by atoms with E-state index < -0.39 is 0 Å². The highest BCUT2D eigenvalue weighted by molar-refractivity contribution is 5.81. The Balaban J connectivity index is 1.76. The van der Waals surface area contributed by atoms with Gasteiger partial charge in [0.15, 0.2) is 0 Å². The molecule has 0 fully saturated rings. The van der Waals surface area contributed by atoms with Crippen LogP contribution in [0.25, 0.3) is 11.0 Å². The molecule has 0 aliphatic carbocycles. The molecule has 2 N–H and O–H groups in total. The van der Waals surface area contributed by atoms with E-state index in [0.29, 0.717) is 0 Å². The molecule has 2 heterocycles. The maximum Gasteiger partial charge on any atom is 0.137 e. The Labute approximate surface area is 146 Å². The molecule has 0 bridgehead atoms. The minimum Gasteiger partial charge on any atom is -0.497 e. The Kier molecular flexibility index (Phi) is 4.09. The predicted molar refractivity (Wildman–Crippen MR) is 101 cm³/mol. The first kappa shape index (κ1) is 15.3. The number of anilines is 1. The summed E-state index contributed by atoms with van der Waals surface area (Å²) in [5.41, 5.74) is 4.30. The summed E-state index contributed by atoms with van der Waals surface area (Å²) >= 11 is 0. The third-order valence-corrected chi connectivity index (χ3v) is 4.33.